The molecule has 2 rings (SSSR count). The summed E-state index contributed by atoms with van der Waals surface area (Å²) in [6.45, 7) is 4.04. The van der Waals surface area contributed by atoms with Crippen molar-refractivity contribution in [2.75, 3.05) is 5.32 Å². The molecule has 6 heteroatoms. The molecule has 0 saturated carbocycles. The summed E-state index contributed by atoms with van der Waals surface area (Å²) in [6, 6.07) is 10.7. The van der Waals surface area contributed by atoms with Gasteiger partial charge in [0.1, 0.15) is 11.6 Å². The molecule has 1 amide bonds. The molecule has 0 spiro atoms. The van der Waals surface area contributed by atoms with Crippen LogP contribution >= 0.6 is 12.2 Å². The summed E-state index contributed by atoms with van der Waals surface area (Å²) in [4.78, 5) is 12.0. The van der Waals surface area contributed by atoms with Gasteiger partial charge in [0.2, 0.25) is 0 Å². The molecular formula is C17H17FN2O2S. The van der Waals surface area contributed by atoms with Gasteiger partial charge >= 0.3 is 0 Å². The quantitative estimate of drug-likeness (QED) is 0.591. The van der Waals surface area contributed by atoms with Gasteiger partial charge in [-0.2, -0.15) is 0 Å². The average molecular weight is 332 g/mol. The lowest BCUT2D eigenvalue weighted by atomic mass is 10.0. The number of aromatic hydroxyl groups is 1. The van der Waals surface area contributed by atoms with Gasteiger partial charge < -0.3 is 10.4 Å². The second-order valence-electron chi connectivity index (χ2n) is 5.32. The lowest BCUT2D eigenvalue weighted by Gasteiger charge is -2.13. The van der Waals surface area contributed by atoms with Crippen LogP contribution in [0.1, 0.15) is 35.7 Å². The highest BCUT2D eigenvalue weighted by molar-refractivity contribution is 7.80. The van der Waals surface area contributed by atoms with E-state index in [0.29, 0.717) is 5.69 Å². The Morgan fingerprint density at radius 1 is 1.22 bits per heavy atom. The summed E-state index contributed by atoms with van der Waals surface area (Å²) in [5.41, 5.74) is 1.29. The molecule has 0 aliphatic rings. The van der Waals surface area contributed by atoms with Crippen LogP contribution in [-0.2, 0) is 0 Å². The number of amides is 1. The van der Waals surface area contributed by atoms with E-state index in [9.17, 15) is 14.3 Å². The number of nitrogens with one attached hydrogen (secondary N) is 2. The van der Waals surface area contributed by atoms with Crippen LogP contribution < -0.4 is 10.6 Å². The minimum Gasteiger partial charge on any atom is -0.506 e. The summed E-state index contributed by atoms with van der Waals surface area (Å²) in [5, 5.41) is 15.0. The molecule has 0 heterocycles. The molecule has 0 saturated heterocycles. The Morgan fingerprint density at radius 2 is 1.91 bits per heavy atom. The van der Waals surface area contributed by atoms with Gasteiger partial charge in [-0.15, -0.1) is 0 Å². The van der Waals surface area contributed by atoms with Gasteiger partial charge in [-0.25, -0.2) is 4.39 Å². The molecule has 0 atom stereocenters. The van der Waals surface area contributed by atoms with Crippen LogP contribution in [0.3, 0.4) is 0 Å². The Labute approximate surface area is 139 Å². The fourth-order valence-corrected chi connectivity index (χ4v) is 2.18. The Balaban J connectivity index is 2.10. The van der Waals surface area contributed by atoms with E-state index in [-0.39, 0.29) is 22.3 Å². The van der Waals surface area contributed by atoms with Crippen LogP contribution in [0.2, 0.25) is 0 Å². The van der Waals surface area contributed by atoms with Crippen LogP contribution in [0.15, 0.2) is 42.5 Å². The molecule has 120 valence electrons. The Morgan fingerprint density at radius 3 is 2.57 bits per heavy atom. The molecule has 23 heavy (non-hydrogen) atoms. The maximum absolute atomic E-state index is 13.6. The van der Waals surface area contributed by atoms with Gasteiger partial charge in [0.15, 0.2) is 5.11 Å². The number of phenols is 1. The van der Waals surface area contributed by atoms with Crippen molar-refractivity contribution in [1.29, 1.82) is 0 Å². The third-order valence-corrected chi connectivity index (χ3v) is 3.49. The van der Waals surface area contributed by atoms with E-state index in [1.54, 1.807) is 18.2 Å². The molecule has 0 unspecified atom stereocenters. The van der Waals surface area contributed by atoms with Gasteiger partial charge in [0.25, 0.3) is 5.91 Å². The van der Waals surface area contributed by atoms with Crippen molar-refractivity contribution in [2.24, 2.45) is 0 Å². The zero-order valence-corrected chi connectivity index (χ0v) is 13.6. The van der Waals surface area contributed by atoms with Crippen molar-refractivity contribution < 1.29 is 14.3 Å². The third-order valence-electron chi connectivity index (χ3n) is 3.28. The highest BCUT2D eigenvalue weighted by atomic mass is 32.1. The van der Waals surface area contributed by atoms with Crippen LogP contribution in [0.25, 0.3) is 0 Å². The molecule has 2 aromatic carbocycles. The second kappa shape index (κ2) is 7.19. The fraction of sp³-hybridized carbons (Fsp3) is 0.176. The topological polar surface area (TPSA) is 61.4 Å². The van der Waals surface area contributed by atoms with Gasteiger partial charge in [-0.05, 0) is 48.0 Å². The molecule has 0 radical (unpaired) electrons. The van der Waals surface area contributed by atoms with Gasteiger partial charge in [0, 0.05) is 0 Å². The molecule has 0 aromatic heterocycles. The molecule has 2 aromatic rings. The predicted molar refractivity (Wildman–Crippen MR) is 92.3 cm³/mol. The maximum atomic E-state index is 13.6. The predicted octanol–water partition coefficient (Wildman–Crippen LogP) is 3.78. The lowest BCUT2D eigenvalue weighted by Crippen LogP contribution is -2.34. The van der Waals surface area contributed by atoms with Crippen molar-refractivity contribution in [3.05, 3.63) is 59.4 Å². The summed E-state index contributed by atoms with van der Waals surface area (Å²) >= 11 is 5.05. The highest BCUT2D eigenvalue weighted by Gasteiger charge is 2.13. The van der Waals surface area contributed by atoms with Gasteiger partial charge in [-0.3, -0.25) is 10.1 Å². The van der Waals surface area contributed by atoms with Gasteiger partial charge in [0.05, 0.1) is 11.3 Å². The molecule has 0 aliphatic heterocycles. The van der Waals surface area contributed by atoms with E-state index in [2.05, 4.69) is 10.6 Å². The van der Waals surface area contributed by atoms with E-state index in [0.717, 1.165) is 5.56 Å². The minimum absolute atomic E-state index is 0.0110. The normalized spacial score (nSPS) is 10.4. The number of carbonyl (C=O) groups is 1. The molecule has 3 N–H and O–H groups in total. The van der Waals surface area contributed by atoms with E-state index < -0.39 is 11.7 Å². The minimum atomic E-state index is -0.653. The zero-order valence-electron chi connectivity index (χ0n) is 12.8. The number of anilines is 1. The summed E-state index contributed by atoms with van der Waals surface area (Å²) < 4.78 is 13.6. The van der Waals surface area contributed by atoms with Gasteiger partial charge in [-0.1, -0.05) is 32.0 Å². The van der Waals surface area contributed by atoms with Crippen LogP contribution in [0, 0.1) is 5.82 Å². The smallest absolute Gasteiger partial charge is 0.260 e. The molecule has 0 aliphatic carbocycles. The largest absolute Gasteiger partial charge is 0.506 e. The highest BCUT2D eigenvalue weighted by Crippen LogP contribution is 2.27. The summed E-state index contributed by atoms with van der Waals surface area (Å²) in [6.07, 6.45) is 0. The first-order chi connectivity index (χ1) is 10.9. The van der Waals surface area contributed by atoms with Crippen molar-refractivity contribution in [3.8, 4) is 5.75 Å². The Kier molecular flexibility index (Phi) is 5.28. The number of halogens is 1. The number of hydrogen-bond donors (Lipinski definition) is 3. The van der Waals surface area contributed by atoms with Crippen LogP contribution in [0.4, 0.5) is 10.1 Å². The fourth-order valence-electron chi connectivity index (χ4n) is 1.98. The Hall–Kier alpha value is -2.47. The first-order valence-electron chi connectivity index (χ1n) is 7.08. The third kappa shape index (κ3) is 4.26. The van der Waals surface area contributed by atoms with E-state index >= 15 is 0 Å². The first kappa shape index (κ1) is 16.9. The maximum Gasteiger partial charge on any atom is 0.260 e. The molecular weight excluding hydrogens is 315 g/mol. The van der Waals surface area contributed by atoms with Crippen molar-refractivity contribution in [2.45, 2.75) is 19.8 Å². The van der Waals surface area contributed by atoms with E-state index in [1.807, 2.05) is 19.9 Å². The average Bonchev–Trinajstić information content (AvgIpc) is 2.49. The number of benzene rings is 2. The van der Waals surface area contributed by atoms with Crippen LogP contribution in [-0.4, -0.2) is 16.1 Å². The summed E-state index contributed by atoms with van der Waals surface area (Å²) in [5.74, 6) is -0.993. The van der Waals surface area contributed by atoms with Crippen molar-refractivity contribution in [1.82, 2.24) is 5.32 Å². The molecule has 0 bridgehead atoms. The number of thiocarbonyl (C=S) groups is 1. The van der Waals surface area contributed by atoms with Crippen molar-refractivity contribution in [3.63, 3.8) is 0 Å². The number of rotatable bonds is 3. The lowest BCUT2D eigenvalue weighted by molar-refractivity contribution is 0.0974. The number of phenolic OH excluding ortho intramolecular Hbond substituents is 1. The van der Waals surface area contributed by atoms with Crippen molar-refractivity contribution >= 4 is 28.9 Å². The Bertz CT molecular complexity index is 747. The first-order valence-corrected chi connectivity index (χ1v) is 7.49. The van der Waals surface area contributed by atoms with Crippen LogP contribution in [0.5, 0.6) is 5.75 Å². The molecule has 4 nitrogen and oxygen atoms in total. The molecule has 0 fully saturated rings. The zero-order chi connectivity index (χ0) is 17.0. The number of hydrogen-bond acceptors (Lipinski definition) is 3. The van der Waals surface area contributed by atoms with E-state index in [4.69, 9.17) is 12.2 Å². The monoisotopic (exact) mass is 332 g/mol. The van der Waals surface area contributed by atoms with E-state index in [1.165, 1.54) is 18.2 Å². The standard InChI is InChI=1S/C17H17FN2O2S/c1-10(2)11-7-8-15(21)14(9-11)19-17(23)20-16(22)12-5-3-4-6-13(12)18/h3-10,21H,1-2H3,(H2,19,20,22,23). The summed E-state index contributed by atoms with van der Waals surface area (Å²) in [7, 11) is 0. The second-order valence-corrected chi connectivity index (χ2v) is 5.73. The number of carbonyl (C=O) groups excluding carboxylic acids is 1. The SMILES string of the molecule is CC(C)c1ccc(O)c(NC(=S)NC(=O)c2ccccc2F)c1.